The van der Waals surface area contributed by atoms with Crippen molar-refractivity contribution in [3.63, 3.8) is 0 Å². The van der Waals surface area contributed by atoms with Gasteiger partial charge in [0, 0.05) is 6.54 Å². The molecule has 1 amide bonds. The Morgan fingerprint density at radius 3 is 2.50 bits per heavy atom. The van der Waals surface area contributed by atoms with Crippen LogP contribution < -0.4 is 5.01 Å². The summed E-state index contributed by atoms with van der Waals surface area (Å²) >= 11 is 0. The van der Waals surface area contributed by atoms with Gasteiger partial charge in [0.05, 0.1) is 12.2 Å². The number of anilines is 1. The molecular weight excluding hydrogens is 252 g/mol. The van der Waals surface area contributed by atoms with E-state index >= 15 is 0 Å². The van der Waals surface area contributed by atoms with E-state index in [9.17, 15) is 4.79 Å². The van der Waals surface area contributed by atoms with E-state index in [-0.39, 0.29) is 6.09 Å². The Hall–Kier alpha value is -1.97. The zero-order chi connectivity index (χ0) is 14.6. The molecule has 1 aromatic carbocycles. The smallest absolute Gasteiger partial charge is 0.429 e. The summed E-state index contributed by atoms with van der Waals surface area (Å²) in [6.07, 6.45) is 4.71. The number of ether oxygens (including phenoxy) is 1. The average Bonchev–Trinajstić information content (AvgIpc) is 2.63. The summed E-state index contributed by atoms with van der Waals surface area (Å²) in [7, 11) is 0. The number of carbonyl (C=O) groups excluding carboxylic acids is 1. The van der Waals surface area contributed by atoms with Crippen molar-refractivity contribution >= 4 is 11.8 Å². The van der Waals surface area contributed by atoms with Gasteiger partial charge in [0.1, 0.15) is 5.60 Å². The molecule has 4 heteroatoms. The van der Waals surface area contributed by atoms with E-state index in [4.69, 9.17) is 4.74 Å². The van der Waals surface area contributed by atoms with Gasteiger partial charge in [0.2, 0.25) is 0 Å². The van der Waals surface area contributed by atoms with Crippen molar-refractivity contribution in [1.82, 2.24) is 5.01 Å². The largest absolute Gasteiger partial charge is 0.442 e. The molecule has 0 saturated carbocycles. The van der Waals surface area contributed by atoms with Crippen LogP contribution in [0.3, 0.4) is 0 Å². The molecule has 0 saturated heterocycles. The van der Waals surface area contributed by atoms with E-state index in [1.165, 1.54) is 0 Å². The third-order valence-electron chi connectivity index (χ3n) is 2.90. The molecule has 1 aliphatic heterocycles. The highest BCUT2D eigenvalue weighted by Gasteiger charge is 2.27. The van der Waals surface area contributed by atoms with Gasteiger partial charge in [-0.25, -0.2) is 9.80 Å². The maximum atomic E-state index is 12.4. The molecule has 2 rings (SSSR count). The molecule has 0 aliphatic carbocycles. The van der Waals surface area contributed by atoms with Gasteiger partial charge in [-0.3, -0.25) is 5.01 Å². The normalized spacial score (nSPS) is 15.9. The third-order valence-corrected chi connectivity index (χ3v) is 2.90. The quantitative estimate of drug-likeness (QED) is 0.733. The van der Waals surface area contributed by atoms with Crippen LogP contribution in [0.5, 0.6) is 0 Å². The summed E-state index contributed by atoms with van der Waals surface area (Å²) in [4.78, 5) is 12.4. The Labute approximate surface area is 120 Å². The Balaban J connectivity index is 2.21. The van der Waals surface area contributed by atoms with Gasteiger partial charge in [0.15, 0.2) is 0 Å². The maximum absolute atomic E-state index is 12.4. The molecule has 1 aromatic rings. The number of para-hydroxylation sites is 1. The van der Waals surface area contributed by atoms with Crippen LogP contribution in [0.2, 0.25) is 0 Å². The molecular formula is C16H22N2O2. The number of amides is 1. The van der Waals surface area contributed by atoms with Crippen LogP contribution in [0.4, 0.5) is 10.5 Å². The Kier molecular flexibility index (Phi) is 4.32. The van der Waals surface area contributed by atoms with Gasteiger partial charge in [-0.1, -0.05) is 30.4 Å². The first kappa shape index (κ1) is 14.4. The molecule has 1 heterocycles. The number of hydrogen-bond donors (Lipinski definition) is 0. The molecule has 1 aliphatic rings. The van der Waals surface area contributed by atoms with Crippen molar-refractivity contribution in [3.05, 3.63) is 42.5 Å². The highest BCUT2D eigenvalue weighted by molar-refractivity contribution is 5.71. The van der Waals surface area contributed by atoms with Gasteiger partial charge in [0.25, 0.3) is 0 Å². The topological polar surface area (TPSA) is 32.8 Å². The fourth-order valence-electron chi connectivity index (χ4n) is 2.06. The minimum atomic E-state index is -0.487. The van der Waals surface area contributed by atoms with Gasteiger partial charge < -0.3 is 4.74 Å². The van der Waals surface area contributed by atoms with Crippen LogP contribution >= 0.6 is 0 Å². The Bertz CT molecular complexity index is 477. The molecule has 0 fully saturated rings. The van der Waals surface area contributed by atoms with E-state index in [1.807, 2.05) is 56.1 Å². The average molecular weight is 274 g/mol. The standard InChI is InChI=1S/C16H22N2O2/c1-16(2,3)20-15(19)18-13-9-5-8-12-17(18)14-10-6-4-7-11-14/h4-8,10-11H,9,12-13H2,1-3H3. The number of benzene rings is 1. The number of rotatable bonds is 1. The lowest BCUT2D eigenvalue weighted by Crippen LogP contribution is -2.48. The highest BCUT2D eigenvalue weighted by Crippen LogP contribution is 2.20. The first-order valence-corrected chi connectivity index (χ1v) is 6.95. The Morgan fingerprint density at radius 2 is 1.85 bits per heavy atom. The predicted molar refractivity (Wildman–Crippen MR) is 80.5 cm³/mol. The van der Waals surface area contributed by atoms with E-state index < -0.39 is 5.60 Å². The summed E-state index contributed by atoms with van der Waals surface area (Å²) in [6.45, 7) is 6.94. The van der Waals surface area contributed by atoms with Crippen LogP contribution in [0.15, 0.2) is 42.5 Å². The van der Waals surface area contributed by atoms with Crippen LogP contribution in [0.25, 0.3) is 0 Å². The molecule has 0 unspecified atom stereocenters. The zero-order valence-corrected chi connectivity index (χ0v) is 12.4. The molecule has 0 N–H and O–H groups in total. The van der Waals surface area contributed by atoms with Crippen molar-refractivity contribution in [2.45, 2.75) is 32.8 Å². The van der Waals surface area contributed by atoms with Crippen LogP contribution in [-0.2, 0) is 4.74 Å². The monoisotopic (exact) mass is 274 g/mol. The molecule has 4 nitrogen and oxygen atoms in total. The fraction of sp³-hybridized carbons (Fsp3) is 0.438. The van der Waals surface area contributed by atoms with Gasteiger partial charge in [-0.15, -0.1) is 0 Å². The molecule has 0 aromatic heterocycles. The van der Waals surface area contributed by atoms with E-state index in [2.05, 4.69) is 12.2 Å². The summed E-state index contributed by atoms with van der Waals surface area (Å²) in [5.74, 6) is 0. The van der Waals surface area contributed by atoms with E-state index in [1.54, 1.807) is 5.01 Å². The number of hydrogen-bond acceptors (Lipinski definition) is 3. The van der Waals surface area contributed by atoms with E-state index in [0.717, 1.165) is 12.1 Å². The number of nitrogens with zero attached hydrogens (tertiary/aromatic N) is 2. The first-order valence-electron chi connectivity index (χ1n) is 6.95. The molecule has 0 bridgehead atoms. The van der Waals surface area contributed by atoms with Gasteiger partial charge in [-0.05, 0) is 39.3 Å². The van der Waals surface area contributed by atoms with Crippen LogP contribution in [0.1, 0.15) is 27.2 Å². The van der Waals surface area contributed by atoms with Crippen molar-refractivity contribution in [1.29, 1.82) is 0 Å². The SMILES string of the molecule is CC(C)(C)OC(=O)N1CCC=CCN1c1ccccc1. The summed E-state index contributed by atoms with van der Waals surface area (Å²) < 4.78 is 5.50. The zero-order valence-electron chi connectivity index (χ0n) is 12.4. The predicted octanol–water partition coefficient (Wildman–Crippen LogP) is 3.61. The van der Waals surface area contributed by atoms with Crippen LogP contribution in [0, 0.1) is 0 Å². The summed E-state index contributed by atoms with van der Waals surface area (Å²) in [5, 5.41) is 3.64. The minimum Gasteiger partial charge on any atom is -0.442 e. The number of carbonyl (C=O) groups is 1. The highest BCUT2D eigenvalue weighted by atomic mass is 16.6. The van der Waals surface area contributed by atoms with Gasteiger partial charge in [-0.2, -0.15) is 0 Å². The van der Waals surface area contributed by atoms with Crippen molar-refractivity contribution in [2.24, 2.45) is 0 Å². The number of hydrazine groups is 1. The van der Waals surface area contributed by atoms with Gasteiger partial charge >= 0.3 is 6.09 Å². The van der Waals surface area contributed by atoms with Crippen LogP contribution in [-0.4, -0.2) is 29.8 Å². The molecule has 0 radical (unpaired) electrons. The minimum absolute atomic E-state index is 0.301. The second kappa shape index (κ2) is 5.99. The van der Waals surface area contributed by atoms with E-state index in [0.29, 0.717) is 13.1 Å². The first-order chi connectivity index (χ1) is 9.47. The molecule has 0 spiro atoms. The second-order valence-electron chi connectivity index (χ2n) is 5.78. The molecule has 0 atom stereocenters. The lowest BCUT2D eigenvalue weighted by molar-refractivity contribution is 0.0236. The van der Waals surface area contributed by atoms with Crippen molar-refractivity contribution < 1.29 is 9.53 Å². The summed E-state index contributed by atoms with van der Waals surface area (Å²) in [5.41, 5.74) is 0.504. The Morgan fingerprint density at radius 1 is 1.15 bits per heavy atom. The third kappa shape index (κ3) is 3.76. The fourth-order valence-corrected chi connectivity index (χ4v) is 2.06. The maximum Gasteiger partial charge on any atom is 0.429 e. The molecule has 108 valence electrons. The van der Waals surface area contributed by atoms with Crippen molar-refractivity contribution in [3.8, 4) is 0 Å². The lowest BCUT2D eigenvalue weighted by atomic mass is 10.2. The second-order valence-corrected chi connectivity index (χ2v) is 5.78. The van der Waals surface area contributed by atoms with Crippen molar-refractivity contribution in [2.75, 3.05) is 18.1 Å². The lowest BCUT2D eigenvalue weighted by Gasteiger charge is -2.35. The summed E-state index contributed by atoms with van der Waals surface area (Å²) in [6, 6.07) is 9.90. The molecule has 20 heavy (non-hydrogen) atoms.